The molecule has 1 atom stereocenters. The van der Waals surface area contributed by atoms with Gasteiger partial charge in [0.25, 0.3) is 0 Å². The molecule has 7 heteroatoms. The van der Waals surface area contributed by atoms with Crippen LogP contribution in [0, 0.1) is 0 Å². The average Bonchev–Trinajstić information content (AvgIpc) is 2.90. The zero-order chi connectivity index (χ0) is 29.0. The van der Waals surface area contributed by atoms with Gasteiger partial charge in [-0.15, -0.1) is 0 Å². The lowest BCUT2D eigenvalue weighted by Gasteiger charge is -2.10. The van der Waals surface area contributed by atoms with Crippen molar-refractivity contribution in [2.45, 2.75) is 180 Å². The van der Waals surface area contributed by atoms with Crippen LogP contribution in [0.15, 0.2) is 0 Å². The molecular formula is C32H59NO6. The quantitative estimate of drug-likeness (QED) is 0.0619. The Morgan fingerprint density at radius 2 is 0.769 bits per heavy atom. The zero-order valence-electron chi connectivity index (χ0n) is 25.3. The Morgan fingerprint density at radius 1 is 0.462 bits per heavy atom. The maximum atomic E-state index is 12.0. The molecule has 0 aromatic carbocycles. The van der Waals surface area contributed by atoms with Gasteiger partial charge in [-0.05, 0) is 12.8 Å². The fourth-order valence-electron chi connectivity index (χ4n) is 4.59. The molecule has 0 aromatic heterocycles. The molecule has 0 fully saturated rings. The minimum Gasteiger partial charge on any atom is -0.393 e. The van der Waals surface area contributed by atoms with Gasteiger partial charge in [0, 0.05) is 12.8 Å². The van der Waals surface area contributed by atoms with Gasteiger partial charge in [-0.3, -0.25) is 14.4 Å². The van der Waals surface area contributed by atoms with E-state index >= 15 is 0 Å². The van der Waals surface area contributed by atoms with E-state index < -0.39 is 36.3 Å². The summed E-state index contributed by atoms with van der Waals surface area (Å²) in [4.78, 5) is 47.7. The lowest BCUT2D eigenvalue weighted by Crippen LogP contribution is -2.36. The number of ether oxygens (including phenoxy) is 2. The van der Waals surface area contributed by atoms with Crippen LogP contribution in [0.3, 0.4) is 0 Å². The summed E-state index contributed by atoms with van der Waals surface area (Å²) in [6.45, 7) is 4.45. The largest absolute Gasteiger partial charge is 0.393 e. The molecule has 0 aliphatic carbocycles. The van der Waals surface area contributed by atoms with Crippen LogP contribution < -0.4 is 5.73 Å². The van der Waals surface area contributed by atoms with Crippen molar-refractivity contribution in [1.82, 2.24) is 0 Å². The first-order valence-corrected chi connectivity index (χ1v) is 16.1. The van der Waals surface area contributed by atoms with Crippen LogP contribution in [-0.2, 0) is 28.7 Å². The van der Waals surface area contributed by atoms with Crippen molar-refractivity contribution in [3.8, 4) is 0 Å². The van der Waals surface area contributed by atoms with Crippen LogP contribution in [-0.4, -0.2) is 29.9 Å². The van der Waals surface area contributed by atoms with Crippen LogP contribution in [0.5, 0.6) is 0 Å². The molecule has 0 unspecified atom stereocenters. The Kier molecular flexibility index (Phi) is 26.5. The number of rotatable bonds is 27. The van der Waals surface area contributed by atoms with E-state index in [9.17, 15) is 19.2 Å². The molecule has 2 N–H and O–H groups in total. The maximum Gasteiger partial charge on any atom is 0.331 e. The van der Waals surface area contributed by atoms with Gasteiger partial charge < -0.3 is 15.2 Å². The van der Waals surface area contributed by atoms with Crippen molar-refractivity contribution in [2.75, 3.05) is 0 Å². The first-order chi connectivity index (χ1) is 18.9. The minimum absolute atomic E-state index is 0.150. The number of carbonyl (C=O) groups excluding carboxylic acids is 4. The Hall–Kier alpha value is -1.76. The maximum absolute atomic E-state index is 12.0. The van der Waals surface area contributed by atoms with E-state index in [0.717, 1.165) is 38.5 Å². The fraction of sp³-hybridized carbons (Fsp3) is 0.875. The summed E-state index contributed by atoms with van der Waals surface area (Å²) < 4.78 is 9.52. The Balaban J connectivity index is 3.71. The van der Waals surface area contributed by atoms with Crippen LogP contribution >= 0.6 is 0 Å². The van der Waals surface area contributed by atoms with Crippen molar-refractivity contribution in [2.24, 2.45) is 5.73 Å². The first kappa shape index (κ1) is 37.2. The highest BCUT2D eigenvalue weighted by Crippen LogP contribution is 2.13. The molecule has 0 amide bonds. The van der Waals surface area contributed by atoms with E-state index in [1.807, 2.05) is 0 Å². The van der Waals surface area contributed by atoms with Gasteiger partial charge in [0.05, 0.1) is 6.42 Å². The van der Waals surface area contributed by atoms with E-state index in [-0.39, 0.29) is 12.8 Å². The molecule has 0 aliphatic rings. The third-order valence-electron chi connectivity index (χ3n) is 7.10. The lowest BCUT2D eigenvalue weighted by molar-refractivity contribution is -0.166. The minimum atomic E-state index is -1.33. The Morgan fingerprint density at radius 3 is 1.13 bits per heavy atom. The normalized spacial score (nSPS) is 11.8. The highest BCUT2D eigenvalue weighted by molar-refractivity contribution is 5.92. The van der Waals surface area contributed by atoms with Crippen LogP contribution in [0.1, 0.15) is 174 Å². The summed E-state index contributed by atoms with van der Waals surface area (Å²) in [5.74, 6) is -3.07. The van der Waals surface area contributed by atoms with Gasteiger partial charge in [-0.2, -0.15) is 0 Å². The Bertz CT molecular complexity index is 636. The fourth-order valence-corrected chi connectivity index (χ4v) is 4.59. The molecule has 0 rings (SSSR count). The lowest BCUT2D eigenvalue weighted by atomic mass is 10.1. The summed E-state index contributed by atoms with van der Waals surface area (Å²) in [6, 6.07) is -1.33. The molecule has 0 aliphatic heterocycles. The van der Waals surface area contributed by atoms with Gasteiger partial charge in [0.15, 0.2) is 0 Å². The first-order valence-electron chi connectivity index (χ1n) is 16.1. The number of hydrogen-bond donors (Lipinski definition) is 1. The number of unbranched alkanes of at least 4 members (excludes halogenated alkanes) is 20. The molecule has 0 spiro atoms. The smallest absolute Gasteiger partial charge is 0.331 e. The van der Waals surface area contributed by atoms with Crippen molar-refractivity contribution in [3.05, 3.63) is 0 Å². The molecule has 0 aromatic rings. The molecule has 228 valence electrons. The molecule has 0 saturated heterocycles. The number of nitrogens with two attached hydrogens (primary N) is 1. The van der Waals surface area contributed by atoms with E-state index in [0.29, 0.717) is 12.8 Å². The number of esters is 4. The molecule has 7 nitrogen and oxygen atoms in total. The second kappa shape index (κ2) is 27.8. The molecule has 0 bridgehead atoms. The monoisotopic (exact) mass is 553 g/mol. The van der Waals surface area contributed by atoms with Crippen molar-refractivity contribution in [3.63, 3.8) is 0 Å². The van der Waals surface area contributed by atoms with Gasteiger partial charge in [-0.1, -0.05) is 142 Å². The van der Waals surface area contributed by atoms with E-state index in [1.54, 1.807) is 0 Å². The SMILES string of the molecule is CCCCCCCCCCCCCC(=O)OC(=O)C[C@H](N)C(=O)OC(=O)CCCCCCCCCCCCC. The summed E-state index contributed by atoms with van der Waals surface area (Å²) in [5, 5.41) is 0. The second-order valence-electron chi connectivity index (χ2n) is 11.0. The van der Waals surface area contributed by atoms with Gasteiger partial charge in [0.2, 0.25) is 0 Å². The summed E-state index contributed by atoms with van der Waals surface area (Å²) in [7, 11) is 0. The van der Waals surface area contributed by atoms with Crippen LogP contribution in [0.2, 0.25) is 0 Å². The third-order valence-corrected chi connectivity index (χ3v) is 7.10. The summed E-state index contributed by atoms with van der Waals surface area (Å²) >= 11 is 0. The van der Waals surface area contributed by atoms with Gasteiger partial charge in [0.1, 0.15) is 6.04 Å². The predicted molar refractivity (Wildman–Crippen MR) is 157 cm³/mol. The van der Waals surface area contributed by atoms with Crippen molar-refractivity contribution in [1.29, 1.82) is 0 Å². The molecule has 0 radical (unpaired) electrons. The second-order valence-corrected chi connectivity index (χ2v) is 11.0. The van der Waals surface area contributed by atoms with E-state index in [2.05, 4.69) is 13.8 Å². The highest BCUT2D eigenvalue weighted by Gasteiger charge is 2.23. The Labute approximate surface area is 238 Å². The zero-order valence-corrected chi connectivity index (χ0v) is 25.3. The third kappa shape index (κ3) is 26.2. The summed E-state index contributed by atoms with van der Waals surface area (Å²) in [5.41, 5.74) is 5.68. The van der Waals surface area contributed by atoms with Crippen molar-refractivity contribution < 1.29 is 28.7 Å². The topological polar surface area (TPSA) is 113 Å². The molecule has 0 heterocycles. The number of hydrogen-bond acceptors (Lipinski definition) is 7. The summed E-state index contributed by atoms with van der Waals surface area (Å²) in [6.07, 6.45) is 25.6. The standard InChI is InChI=1S/C32H59NO6/c1-3-5-7-9-11-13-15-17-19-21-23-25-29(34)38-31(36)27-28(33)32(37)39-30(35)26-24-22-20-18-16-14-12-10-8-6-4-2/h28H,3-27,33H2,1-2H3/t28-/m0/s1. The van der Waals surface area contributed by atoms with Crippen LogP contribution in [0.4, 0.5) is 0 Å². The van der Waals surface area contributed by atoms with Gasteiger partial charge >= 0.3 is 23.9 Å². The number of carbonyl (C=O) groups is 4. The molecule has 0 saturated carbocycles. The van der Waals surface area contributed by atoms with Crippen molar-refractivity contribution >= 4 is 23.9 Å². The molecular weight excluding hydrogens is 494 g/mol. The van der Waals surface area contributed by atoms with E-state index in [4.69, 9.17) is 15.2 Å². The van der Waals surface area contributed by atoms with E-state index in [1.165, 1.54) is 89.9 Å². The molecule has 39 heavy (non-hydrogen) atoms. The predicted octanol–water partition coefficient (Wildman–Crippen LogP) is 8.25. The van der Waals surface area contributed by atoms with Gasteiger partial charge in [-0.25, -0.2) is 4.79 Å². The average molecular weight is 554 g/mol. The van der Waals surface area contributed by atoms with Crippen LogP contribution in [0.25, 0.3) is 0 Å². The highest BCUT2D eigenvalue weighted by atomic mass is 16.6.